The van der Waals surface area contributed by atoms with E-state index in [1.165, 1.54) is 10.5 Å². The number of benzene rings is 2. The fourth-order valence-corrected chi connectivity index (χ4v) is 3.74. The summed E-state index contributed by atoms with van der Waals surface area (Å²) in [5, 5.41) is 2.01. The summed E-state index contributed by atoms with van der Waals surface area (Å²) in [6.07, 6.45) is 3.07. The zero-order valence-corrected chi connectivity index (χ0v) is 14.3. The summed E-state index contributed by atoms with van der Waals surface area (Å²) in [4.78, 5) is 7.83. The molecule has 22 heavy (non-hydrogen) atoms. The van der Waals surface area contributed by atoms with Crippen LogP contribution in [0.3, 0.4) is 0 Å². The molecule has 4 heteroatoms. The highest BCUT2D eigenvalue weighted by Gasteiger charge is 2.12. The van der Waals surface area contributed by atoms with Crippen LogP contribution in [0.2, 0.25) is 5.02 Å². The van der Waals surface area contributed by atoms with E-state index in [1.807, 2.05) is 18.2 Å². The Morgan fingerprint density at radius 3 is 2.59 bits per heavy atom. The van der Waals surface area contributed by atoms with Gasteiger partial charge in [-0.25, -0.2) is 0 Å². The number of aromatic nitrogens is 1. The summed E-state index contributed by atoms with van der Waals surface area (Å²) >= 11 is 8.41. The second-order valence-electron chi connectivity index (χ2n) is 5.58. The van der Waals surface area contributed by atoms with E-state index in [9.17, 15) is 0 Å². The summed E-state index contributed by atoms with van der Waals surface area (Å²) in [5.41, 5.74) is 2.39. The Bertz CT molecular complexity index is 765. The summed E-state index contributed by atoms with van der Waals surface area (Å²) in [6.45, 7) is 1.01. The highest BCUT2D eigenvalue weighted by molar-refractivity contribution is 7.99. The summed E-state index contributed by atoms with van der Waals surface area (Å²) in [7, 11) is 4.18. The first kappa shape index (κ1) is 15.5. The highest BCUT2D eigenvalue weighted by atomic mass is 35.5. The first-order chi connectivity index (χ1) is 10.6. The van der Waals surface area contributed by atoms with Crippen LogP contribution in [-0.4, -0.2) is 30.5 Å². The molecule has 0 spiro atoms. The minimum Gasteiger partial charge on any atom is -0.361 e. The Hall–Kier alpha value is -1.42. The number of hydrogen-bond acceptors (Lipinski definition) is 2. The van der Waals surface area contributed by atoms with Crippen LogP contribution < -0.4 is 0 Å². The third-order valence-electron chi connectivity index (χ3n) is 3.63. The highest BCUT2D eigenvalue weighted by Crippen LogP contribution is 2.38. The molecule has 2 nitrogen and oxygen atoms in total. The van der Waals surface area contributed by atoms with Crippen LogP contribution >= 0.6 is 23.4 Å². The maximum Gasteiger partial charge on any atom is 0.0642 e. The van der Waals surface area contributed by atoms with E-state index in [4.69, 9.17) is 11.6 Å². The average Bonchev–Trinajstić information content (AvgIpc) is 2.93. The lowest BCUT2D eigenvalue weighted by Crippen LogP contribution is -2.14. The molecule has 114 valence electrons. The molecule has 2 aromatic carbocycles. The smallest absolute Gasteiger partial charge is 0.0642 e. The zero-order valence-electron chi connectivity index (χ0n) is 12.8. The van der Waals surface area contributed by atoms with Gasteiger partial charge in [-0.2, -0.15) is 0 Å². The first-order valence-electron chi connectivity index (χ1n) is 7.31. The van der Waals surface area contributed by atoms with Crippen LogP contribution in [0.15, 0.2) is 58.5 Å². The van der Waals surface area contributed by atoms with Crippen LogP contribution in [0, 0.1) is 0 Å². The molecule has 1 aromatic heterocycles. The van der Waals surface area contributed by atoms with Gasteiger partial charge in [-0.05, 0) is 50.3 Å². The molecule has 1 N–H and O–H groups in total. The van der Waals surface area contributed by atoms with Gasteiger partial charge in [0.2, 0.25) is 0 Å². The maximum atomic E-state index is 6.70. The van der Waals surface area contributed by atoms with Gasteiger partial charge in [0.15, 0.2) is 0 Å². The van der Waals surface area contributed by atoms with Crippen molar-refractivity contribution in [1.29, 1.82) is 0 Å². The van der Waals surface area contributed by atoms with Gasteiger partial charge in [0, 0.05) is 33.4 Å². The predicted molar refractivity (Wildman–Crippen MR) is 96.1 cm³/mol. The van der Waals surface area contributed by atoms with Crippen molar-refractivity contribution < 1.29 is 0 Å². The minimum absolute atomic E-state index is 0.848. The fourth-order valence-electron chi connectivity index (χ4n) is 2.46. The van der Waals surface area contributed by atoms with Gasteiger partial charge in [0.1, 0.15) is 0 Å². The van der Waals surface area contributed by atoms with Crippen molar-refractivity contribution >= 4 is 34.3 Å². The van der Waals surface area contributed by atoms with E-state index in [1.54, 1.807) is 11.8 Å². The van der Waals surface area contributed by atoms with E-state index in [-0.39, 0.29) is 0 Å². The molecule has 0 amide bonds. The van der Waals surface area contributed by atoms with Crippen molar-refractivity contribution in [1.82, 2.24) is 9.88 Å². The largest absolute Gasteiger partial charge is 0.361 e. The summed E-state index contributed by atoms with van der Waals surface area (Å²) in [6, 6.07) is 14.5. The number of hydrogen-bond donors (Lipinski definition) is 1. The lowest BCUT2D eigenvalue weighted by molar-refractivity contribution is 0.414. The molecule has 0 saturated heterocycles. The lowest BCUT2D eigenvalue weighted by atomic mass is 10.1. The van der Waals surface area contributed by atoms with Crippen molar-refractivity contribution in [3.8, 4) is 0 Å². The monoisotopic (exact) mass is 330 g/mol. The van der Waals surface area contributed by atoms with Gasteiger partial charge in [-0.3, -0.25) is 0 Å². The molecule has 0 fully saturated rings. The molecule has 3 rings (SSSR count). The number of nitrogens with one attached hydrogen (secondary N) is 1. The second kappa shape index (κ2) is 6.78. The zero-order chi connectivity index (χ0) is 15.5. The van der Waals surface area contributed by atoms with Gasteiger partial charge in [-0.1, -0.05) is 41.6 Å². The standard InChI is InChI=1S/C18H19ClN2S/c1-21(2)11-10-13-12-20-15-8-9-16(18(19)17(13)15)22-14-6-4-3-5-7-14/h3-9,12,20H,10-11H2,1-2H3. The summed E-state index contributed by atoms with van der Waals surface area (Å²) in [5.74, 6) is 0. The Kier molecular flexibility index (Phi) is 4.77. The van der Waals surface area contributed by atoms with Crippen LogP contribution in [-0.2, 0) is 6.42 Å². The molecular weight excluding hydrogens is 312 g/mol. The first-order valence-corrected chi connectivity index (χ1v) is 8.50. The van der Waals surface area contributed by atoms with Crippen LogP contribution in [0.5, 0.6) is 0 Å². The van der Waals surface area contributed by atoms with Crippen LogP contribution in [0.1, 0.15) is 5.56 Å². The lowest BCUT2D eigenvalue weighted by Gasteiger charge is -2.10. The van der Waals surface area contributed by atoms with E-state index < -0.39 is 0 Å². The minimum atomic E-state index is 0.848. The Labute approximate surface area is 140 Å². The topological polar surface area (TPSA) is 19.0 Å². The molecule has 0 aliphatic rings. The molecule has 0 radical (unpaired) electrons. The van der Waals surface area contributed by atoms with Gasteiger partial charge in [-0.15, -0.1) is 0 Å². The van der Waals surface area contributed by atoms with E-state index in [0.29, 0.717) is 0 Å². The van der Waals surface area contributed by atoms with Crippen molar-refractivity contribution in [2.75, 3.05) is 20.6 Å². The van der Waals surface area contributed by atoms with Crippen LogP contribution in [0.25, 0.3) is 10.9 Å². The maximum absolute atomic E-state index is 6.70. The van der Waals surface area contributed by atoms with E-state index >= 15 is 0 Å². The molecule has 0 saturated carbocycles. The van der Waals surface area contributed by atoms with Gasteiger partial charge < -0.3 is 9.88 Å². The van der Waals surface area contributed by atoms with Gasteiger partial charge in [0.25, 0.3) is 0 Å². The number of rotatable bonds is 5. The second-order valence-corrected chi connectivity index (χ2v) is 7.08. The average molecular weight is 331 g/mol. The third kappa shape index (κ3) is 3.32. The fraction of sp³-hybridized carbons (Fsp3) is 0.222. The Morgan fingerprint density at radius 2 is 1.86 bits per heavy atom. The number of H-pyrrole nitrogens is 1. The molecule has 3 aromatic rings. The number of likely N-dealkylation sites (N-methyl/N-ethyl adjacent to an activating group) is 1. The normalized spacial score (nSPS) is 11.5. The molecule has 0 unspecified atom stereocenters. The third-order valence-corrected chi connectivity index (χ3v) is 5.20. The number of halogens is 1. The van der Waals surface area contributed by atoms with E-state index in [0.717, 1.165) is 33.8 Å². The Morgan fingerprint density at radius 1 is 1.09 bits per heavy atom. The number of fused-ring (bicyclic) bond motifs is 1. The molecule has 0 bridgehead atoms. The van der Waals surface area contributed by atoms with Crippen molar-refractivity contribution in [2.24, 2.45) is 0 Å². The van der Waals surface area contributed by atoms with Crippen molar-refractivity contribution in [3.63, 3.8) is 0 Å². The van der Waals surface area contributed by atoms with Crippen LogP contribution in [0.4, 0.5) is 0 Å². The Balaban J connectivity index is 1.95. The number of aromatic amines is 1. The SMILES string of the molecule is CN(C)CCc1c[nH]c2ccc(Sc3ccccc3)c(Cl)c12. The number of nitrogens with zero attached hydrogens (tertiary/aromatic N) is 1. The van der Waals surface area contributed by atoms with E-state index in [2.05, 4.69) is 54.4 Å². The summed E-state index contributed by atoms with van der Waals surface area (Å²) < 4.78 is 0. The van der Waals surface area contributed by atoms with Crippen molar-refractivity contribution in [2.45, 2.75) is 16.2 Å². The molecule has 0 aliphatic heterocycles. The van der Waals surface area contributed by atoms with Crippen molar-refractivity contribution in [3.05, 3.63) is 59.2 Å². The van der Waals surface area contributed by atoms with Gasteiger partial charge >= 0.3 is 0 Å². The molecule has 0 aliphatic carbocycles. The quantitative estimate of drug-likeness (QED) is 0.703. The van der Waals surface area contributed by atoms with Gasteiger partial charge in [0.05, 0.1) is 5.02 Å². The molecular formula is C18H19ClN2S. The predicted octanol–water partition coefficient (Wildman–Crippen LogP) is 5.08. The molecule has 1 heterocycles. The molecule has 0 atom stereocenters.